The average Bonchev–Trinajstić information content (AvgIpc) is 2.84. The summed E-state index contributed by atoms with van der Waals surface area (Å²) in [5.41, 5.74) is 5.51. The van der Waals surface area contributed by atoms with Crippen LogP contribution in [0.25, 0.3) is 0 Å². The molecule has 2 saturated carbocycles. The van der Waals surface area contributed by atoms with Crippen LogP contribution in [0, 0.1) is 0 Å². The molecule has 2 amide bonds. The highest BCUT2D eigenvalue weighted by Gasteiger charge is 2.31. The first-order valence-corrected chi connectivity index (χ1v) is 5.58. The highest BCUT2D eigenvalue weighted by molar-refractivity contribution is 5.75. The molecule has 0 aromatic carbocycles. The molecule has 0 atom stereocenters. The van der Waals surface area contributed by atoms with Crippen LogP contribution < -0.4 is 11.1 Å². The fourth-order valence-electron chi connectivity index (χ4n) is 1.77. The van der Waals surface area contributed by atoms with Gasteiger partial charge in [-0.1, -0.05) is 0 Å². The SMILES string of the molecule is NCCN(C(=O)NC1CC1)C1CCC1. The minimum atomic E-state index is 0.0997. The van der Waals surface area contributed by atoms with Crippen molar-refractivity contribution in [3.8, 4) is 0 Å². The molecule has 2 aliphatic rings. The Hall–Kier alpha value is -0.770. The molecular weight excluding hydrogens is 178 g/mol. The van der Waals surface area contributed by atoms with Gasteiger partial charge in [0, 0.05) is 25.2 Å². The number of carbonyl (C=O) groups excluding carboxylic acids is 1. The number of nitrogens with zero attached hydrogens (tertiary/aromatic N) is 1. The quantitative estimate of drug-likeness (QED) is 0.696. The van der Waals surface area contributed by atoms with E-state index in [1.54, 1.807) is 0 Å². The minimum Gasteiger partial charge on any atom is -0.335 e. The Bertz CT molecular complexity index is 211. The van der Waals surface area contributed by atoms with Gasteiger partial charge in [0.2, 0.25) is 0 Å². The Labute approximate surface area is 84.8 Å². The van der Waals surface area contributed by atoms with Crippen LogP contribution in [0.15, 0.2) is 0 Å². The lowest BCUT2D eigenvalue weighted by atomic mass is 9.91. The van der Waals surface area contributed by atoms with E-state index in [-0.39, 0.29) is 6.03 Å². The van der Waals surface area contributed by atoms with Gasteiger partial charge < -0.3 is 16.0 Å². The van der Waals surface area contributed by atoms with E-state index in [2.05, 4.69) is 5.32 Å². The molecule has 0 spiro atoms. The Morgan fingerprint density at radius 3 is 2.50 bits per heavy atom. The molecule has 2 fully saturated rings. The van der Waals surface area contributed by atoms with Crippen molar-refractivity contribution in [2.24, 2.45) is 5.73 Å². The smallest absolute Gasteiger partial charge is 0.317 e. The van der Waals surface area contributed by atoms with Crippen molar-refractivity contribution in [2.45, 2.75) is 44.2 Å². The molecule has 0 radical (unpaired) electrons. The number of amides is 2. The second-order valence-corrected chi connectivity index (χ2v) is 4.29. The molecule has 3 N–H and O–H groups in total. The van der Waals surface area contributed by atoms with E-state index in [4.69, 9.17) is 5.73 Å². The second kappa shape index (κ2) is 4.17. The summed E-state index contributed by atoms with van der Waals surface area (Å²) in [6.07, 6.45) is 5.85. The summed E-state index contributed by atoms with van der Waals surface area (Å²) in [7, 11) is 0. The summed E-state index contributed by atoms with van der Waals surface area (Å²) in [5.74, 6) is 0. The van der Waals surface area contributed by atoms with E-state index < -0.39 is 0 Å². The van der Waals surface area contributed by atoms with Gasteiger partial charge in [0.15, 0.2) is 0 Å². The monoisotopic (exact) mass is 197 g/mol. The van der Waals surface area contributed by atoms with Gasteiger partial charge in [0.05, 0.1) is 0 Å². The van der Waals surface area contributed by atoms with E-state index in [9.17, 15) is 4.79 Å². The zero-order valence-electron chi connectivity index (χ0n) is 8.54. The highest BCUT2D eigenvalue weighted by Crippen LogP contribution is 2.25. The van der Waals surface area contributed by atoms with Crippen molar-refractivity contribution < 1.29 is 4.79 Å². The fourth-order valence-corrected chi connectivity index (χ4v) is 1.77. The zero-order chi connectivity index (χ0) is 9.97. The maximum atomic E-state index is 11.8. The summed E-state index contributed by atoms with van der Waals surface area (Å²) < 4.78 is 0. The molecule has 2 aliphatic carbocycles. The number of hydrogen-bond acceptors (Lipinski definition) is 2. The van der Waals surface area contributed by atoms with E-state index >= 15 is 0 Å². The van der Waals surface area contributed by atoms with Crippen LogP contribution >= 0.6 is 0 Å². The Balaban J connectivity index is 1.83. The largest absolute Gasteiger partial charge is 0.335 e. The predicted octanol–water partition coefficient (Wildman–Crippen LogP) is 0.672. The number of hydrogen-bond donors (Lipinski definition) is 2. The van der Waals surface area contributed by atoms with Crippen LogP contribution in [0.1, 0.15) is 32.1 Å². The molecule has 0 aliphatic heterocycles. The van der Waals surface area contributed by atoms with Crippen molar-refractivity contribution in [1.82, 2.24) is 10.2 Å². The van der Waals surface area contributed by atoms with Crippen molar-refractivity contribution in [3.05, 3.63) is 0 Å². The molecule has 0 aromatic heterocycles. The van der Waals surface area contributed by atoms with Gasteiger partial charge in [-0.05, 0) is 32.1 Å². The van der Waals surface area contributed by atoms with Gasteiger partial charge >= 0.3 is 6.03 Å². The van der Waals surface area contributed by atoms with Crippen LogP contribution in [0.4, 0.5) is 4.79 Å². The first-order chi connectivity index (χ1) is 6.81. The number of nitrogens with one attached hydrogen (secondary N) is 1. The van der Waals surface area contributed by atoms with Gasteiger partial charge in [-0.3, -0.25) is 0 Å². The molecule has 0 saturated heterocycles. The Morgan fingerprint density at radius 1 is 1.36 bits per heavy atom. The first-order valence-electron chi connectivity index (χ1n) is 5.58. The van der Waals surface area contributed by atoms with Crippen LogP contribution in [0.2, 0.25) is 0 Å². The second-order valence-electron chi connectivity index (χ2n) is 4.29. The van der Waals surface area contributed by atoms with Crippen LogP contribution in [0.5, 0.6) is 0 Å². The van der Waals surface area contributed by atoms with Gasteiger partial charge in [-0.15, -0.1) is 0 Å². The van der Waals surface area contributed by atoms with Crippen molar-refractivity contribution in [1.29, 1.82) is 0 Å². The van der Waals surface area contributed by atoms with E-state index in [0.717, 1.165) is 25.7 Å². The lowest BCUT2D eigenvalue weighted by Crippen LogP contribution is -2.51. The maximum Gasteiger partial charge on any atom is 0.317 e. The third kappa shape index (κ3) is 2.18. The van der Waals surface area contributed by atoms with Crippen LogP contribution in [-0.4, -0.2) is 36.1 Å². The first kappa shape index (κ1) is 9.77. The summed E-state index contributed by atoms with van der Waals surface area (Å²) in [4.78, 5) is 13.7. The van der Waals surface area contributed by atoms with Gasteiger partial charge in [0.1, 0.15) is 0 Å². The summed E-state index contributed by atoms with van der Waals surface area (Å²) in [6, 6.07) is 1.00. The number of urea groups is 1. The lowest BCUT2D eigenvalue weighted by molar-refractivity contribution is 0.140. The molecule has 0 aromatic rings. The molecule has 4 nitrogen and oxygen atoms in total. The van der Waals surface area contributed by atoms with Crippen LogP contribution in [-0.2, 0) is 0 Å². The van der Waals surface area contributed by atoms with Gasteiger partial charge in [0.25, 0.3) is 0 Å². The number of rotatable bonds is 4. The summed E-state index contributed by atoms with van der Waals surface area (Å²) in [6.45, 7) is 1.26. The third-order valence-corrected chi connectivity index (χ3v) is 3.05. The minimum absolute atomic E-state index is 0.0997. The molecule has 14 heavy (non-hydrogen) atoms. The molecule has 4 heteroatoms. The zero-order valence-corrected chi connectivity index (χ0v) is 8.54. The standard InChI is InChI=1S/C10H19N3O/c11-6-7-13(9-2-1-3-9)10(14)12-8-4-5-8/h8-9H,1-7,11H2,(H,12,14). The van der Waals surface area contributed by atoms with Gasteiger partial charge in [-0.25, -0.2) is 4.79 Å². The van der Waals surface area contributed by atoms with Crippen molar-refractivity contribution >= 4 is 6.03 Å². The van der Waals surface area contributed by atoms with E-state index in [1.807, 2.05) is 4.90 Å². The van der Waals surface area contributed by atoms with Gasteiger partial charge in [-0.2, -0.15) is 0 Å². The average molecular weight is 197 g/mol. The normalized spacial score (nSPS) is 21.5. The Kier molecular flexibility index (Phi) is 2.91. The highest BCUT2D eigenvalue weighted by atomic mass is 16.2. The topological polar surface area (TPSA) is 58.4 Å². The van der Waals surface area contributed by atoms with Crippen molar-refractivity contribution in [2.75, 3.05) is 13.1 Å². The predicted molar refractivity (Wildman–Crippen MR) is 55.0 cm³/mol. The van der Waals surface area contributed by atoms with E-state index in [1.165, 1.54) is 6.42 Å². The molecule has 0 unspecified atom stereocenters. The maximum absolute atomic E-state index is 11.8. The molecule has 2 rings (SSSR count). The molecule has 0 heterocycles. The molecular formula is C10H19N3O. The summed E-state index contributed by atoms with van der Waals surface area (Å²) >= 11 is 0. The Morgan fingerprint density at radius 2 is 2.07 bits per heavy atom. The lowest BCUT2D eigenvalue weighted by Gasteiger charge is -2.37. The number of nitrogens with two attached hydrogens (primary N) is 1. The summed E-state index contributed by atoms with van der Waals surface area (Å²) in [5, 5.41) is 3.02. The number of carbonyl (C=O) groups is 1. The van der Waals surface area contributed by atoms with Crippen molar-refractivity contribution in [3.63, 3.8) is 0 Å². The third-order valence-electron chi connectivity index (χ3n) is 3.05. The molecule has 0 bridgehead atoms. The molecule has 80 valence electrons. The fraction of sp³-hybridized carbons (Fsp3) is 0.900. The van der Waals surface area contributed by atoms with Crippen LogP contribution in [0.3, 0.4) is 0 Å². The van der Waals surface area contributed by atoms with E-state index in [0.29, 0.717) is 25.2 Å².